The average Bonchev–Trinajstić information content (AvgIpc) is 3.11. The molecule has 1 saturated heterocycles. The zero-order valence-electron chi connectivity index (χ0n) is 17.1. The Bertz CT molecular complexity index is 895. The standard InChI is InChI=1S/C22H29N3O3.ClH/c1-3-14-8-7-11-25-13-15(12-18(24-27)22(26)28-4-2)19-16-9-5-6-10-17(16)23-20(19)21(14)25;/h5-6,9-10,14-15,21,23,27H,3-4,7-8,11-13H2,1-2H3;1H/t14?,15-,21+;/m1./s1. The molecule has 1 fully saturated rings. The van der Waals surface area contributed by atoms with Crippen molar-refractivity contribution < 1.29 is 14.7 Å². The molecule has 3 atom stereocenters. The molecule has 2 N–H and O–H groups in total. The van der Waals surface area contributed by atoms with Crippen LogP contribution in [0.1, 0.15) is 62.7 Å². The lowest BCUT2D eigenvalue weighted by molar-refractivity contribution is -0.135. The van der Waals surface area contributed by atoms with Crippen molar-refractivity contribution in [2.45, 2.75) is 51.5 Å². The highest BCUT2D eigenvalue weighted by Gasteiger charge is 2.41. The molecule has 6 nitrogen and oxygen atoms in total. The first-order valence-electron chi connectivity index (χ1n) is 10.4. The Morgan fingerprint density at radius 1 is 1.34 bits per heavy atom. The van der Waals surface area contributed by atoms with Crippen LogP contribution in [0.25, 0.3) is 10.9 Å². The topological polar surface area (TPSA) is 77.9 Å². The number of piperidine rings is 1. The number of para-hydroxylation sites is 1. The van der Waals surface area contributed by atoms with E-state index in [4.69, 9.17) is 4.74 Å². The van der Waals surface area contributed by atoms with Crippen LogP contribution in [0.4, 0.5) is 0 Å². The molecule has 0 aliphatic carbocycles. The van der Waals surface area contributed by atoms with Crippen LogP contribution in [0, 0.1) is 5.92 Å². The number of fused-ring (bicyclic) bond motifs is 5. The van der Waals surface area contributed by atoms with Gasteiger partial charge in [0.15, 0.2) is 5.71 Å². The van der Waals surface area contributed by atoms with E-state index in [-0.39, 0.29) is 30.6 Å². The highest BCUT2D eigenvalue weighted by atomic mass is 35.5. The van der Waals surface area contributed by atoms with Crippen molar-refractivity contribution >= 4 is 35.0 Å². The van der Waals surface area contributed by atoms with E-state index in [1.165, 1.54) is 29.5 Å². The van der Waals surface area contributed by atoms with Gasteiger partial charge in [-0.1, -0.05) is 36.7 Å². The zero-order chi connectivity index (χ0) is 19.7. The third-order valence-electron chi connectivity index (χ3n) is 6.39. The van der Waals surface area contributed by atoms with Crippen molar-refractivity contribution in [1.82, 2.24) is 9.88 Å². The maximum atomic E-state index is 12.2. The van der Waals surface area contributed by atoms with Gasteiger partial charge in [-0.25, -0.2) is 4.79 Å². The number of carbonyl (C=O) groups excluding carboxylic acids is 1. The number of carbonyl (C=O) groups is 1. The number of hydrogen-bond donors (Lipinski definition) is 2. The van der Waals surface area contributed by atoms with Gasteiger partial charge >= 0.3 is 5.97 Å². The van der Waals surface area contributed by atoms with Gasteiger partial charge in [0.1, 0.15) is 0 Å². The third kappa shape index (κ3) is 3.88. The predicted molar refractivity (Wildman–Crippen MR) is 116 cm³/mol. The Kier molecular flexibility index (Phi) is 6.85. The SMILES string of the molecule is CCOC(=O)C(C[C@@H]1CN2CCCC(CC)[C@H]2c2[nH]c3ccccc3c21)=NO.Cl. The molecule has 3 heterocycles. The molecule has 2 aliphatic rings. The number of nitrogens with zero attached hydrogens (tertiary/aromatic N) is 2. The summed E-state index contributed by atoms with van der Waals surface area (Å²) < 4.78 is 5.08. The number of benzene rings is 1. The first-order valence-corrected chi connectivity index (χ1v) is 10.4. The molecule has 158 valence electrons. The Morgan fingerprint density at radius 3 is 2.86 bits per heavy atom. The van der Waals surface area contributed by atoms with Crippen molar-refractivity contribution in [1.29, 1.82) is 0 Å². The molecule has 0 saturated carbocycles. The van der Waals surface area contributed by atoms with E-state index in [2.05, 4.69) is 46.2 Å². The fraction of sp³-hybridized carbons (Fsp3) is 0.545. The van der Waals surface area contributed by atoms with E-state index >= 15 is 0 Å². The number of nitrogens with one attached hydrogen (secondary N) is 1. The number of H-pyrrole nitrogens is 1. The third-order valence-corrected chi connectivity index (χ3v) is 6.39. The minimum atomic E-state index is -0.529. The van der Waals surface area contributed by atoms with Gasteiger partial charge < -0.3 is 14.9 Å². The lowest BCUT2D eigenvalue weighted by atomic mass is 9.77. The molecule has 0 radical (unpaired) electrons. The van der Waals surface area contributed by atoms with E-state index < -0.39 is 5.97 Å². The summed E-state index contributed by atoms with van der Waals surface area (Å²) in [5, 5.41) is 13.9. The van der Waals surface area contributed by atoms with Crippen molar-refractivity contribution in [3.8, 4) is 0 Å². The zero-order valence-corrected chi connectivity index (χ0v) is 17.9. The highest BCUT2D eigenvalue weighted by Crippen LogP contribution is 2.48. The summed E-state index contributed by atoms with van der Waals surface area (Å²) in [7, 11) is 0. The van der Waals surface area contributed by atoms with E-state index in [1.807, 2.05) is 0 Å². The van der Waals surface area contributed by atoms with E-state index in [9.17, 15) is 10.0 Å². The summed E-state index contributed by atoms with van der Waals surface area (Å²) in [5.74, 6) is 0.199. The maximum Gasteiger partial charge on any atom is 0.356 e. The molecule has 2 aromatic rings. The molecule has 4 rings (SSSR count). The van der Waals surface area contributed by atoms with E-state index in [0.29, 0.717) is 18.4 Å². The van der Waals surface area contributed by atoms with Crippen LogP contribution in [0.5, 0.6) is 0 Å². The lowest BCUT2D eigenvalue weighted by Crippen LogP contribution is -2.45. The van der Waals surface area contributed by atoms with Crippen LogP contribution in [0.2, 0.25) is 0 Å². The highest BCUT2D eigenvalue weighted by molar-refractivity contribution is 6.36. The van der Waals surface area contributed by atoms with Crippen LogP contribution < -0.4 is 0 Å². The minimum absolute atomic E-state index is 0. The predicted octanol–water partition coefficient (Wildman–Crippen LogP) is 4.63. The van der Waals surface area contributed by atoms with Crippen LogP contribution in [-0.4, -0.2) is 46.5 Å². The Labute approximate surface area is 177 Å². The molecule has 29 heavy (non-hydrogen) atoms. The number of hydrogen-bond acceptors (Lipinski definition) is 5. The molecule has 2 aliphatic heterocycles. The van der Waals surface area contributed by atoms with Gasteiger partial charge in [-0.15, -0.1) is 12.4 Å². The summed E-state index contributed by atoms with van der Waals surface area (Å²) in [6.45, 7) is 6.24. The number of aromatic nitrogens is 1. The second-order valence-corrected chi connectivity index (χ2v) is 7.92. The van der Waals surface area contributed by atoms with Gasteiger partial charge in [0, 0.05) is 35.5 Å². The van der Waals surface area contributed by atoms with Gasteiger partial charge in [-0.2, -0.15) is 0 Å². The second kappa shape index (κ2) is 9.18. The molecule has 0 spiro atoms. The Balaban J connectivity index is 0.00000240. The summed E-state index contributed by atoms with van der Waals surface area (Å²) in [4.78, 5) is 18.5. The van der Waals surface area contributed by atoms with Crippen molar-refractivity contribution in [3.63, 3.8) is 0 Å². The number of esters is 1. The molecule has 7 heteroatoms. The number of oxime groups is 1. The fourth-order valence-electron chi connectivity index (χ4n) is 5.21. The molecule has 0 bridgehead atoms. The molecule has 1 unspecified atom stereocenters. The van der Waals surface area contributed by atoms with Crippen LogP contribution in [0.3, 0.4) is 0 Å². The first kappa shape index (κ1) is 21.7. The smallest absolute Gasteiger partial charge is 0.356 e. The van der Waals surface area contributed by atoms with Gasteiger partial charge in [0.25, 0.3) is 0 Å². The fourth-order valence-corrected chi connectivity index (χ4v) is 5.21. The van der Waals surface area contributed by atoms with Crippen molar-refractivity contribution in [3.05, 3.63) is 35.5 Å². The number of halogens is 1. The van der Waals surface area contributed by atoms with Gasteiger partial charge in [-0.05, 0) is 43.9 Å². The summed E-state index contributed by atoms with van der Waals surface area (Å²) in [6.07, 6.45) is 4.00. The quantitative estimate of drug-likeness (QED) is 0.320. The van der Waals surface area contributed by atoms with Crippen molar-refractivity contribution in [2.24, 2.45) is 11.1 Å². The number of ether oxygens (including phenoxy) is 1. The van der Waals surface area contributed by atoms with Crippen molar-refractivity contribution in [2.75, 3.05) is 19.7 Å². The van der Waals surface area contributed by atoms with Crippen LogP contribution in [0.15, 0.2) is 29.4 Å². The Hall–Kier alpha value is -2.05. The van der Waals surface area contributed by atoms with Gasteiger partial charge in [-0.3, -0.25) is 4.90 Å². The maximum absolute atomic E-state index is 12.2. The van der Waals surface area contributed by atoms with E-state index in [0.717, 1.165) is 25.0 Å². The number of rotatable bonds is 5. The summed E-state index contributed by atoms with van der Waals surface area (Å²) in [6, 6.07) is 8.77. The lowest BCUT2D eigenvalue weighted by Gasteiger charge is -2.46. The molecule has 1 aromatic heterocycles. The molecular formula is C22H30ClN3O3. The molecule has 1 aromatic carbocycles. The molecular weight excluding hydrogens is 390 g/mol. The largest absolute Gasteiger partial charge is 0.461 e. The minimum Gasteiger partial charge on any atom is -0.461 e. The first-order chi connectivity index (χ1) is 13.7. The van der Waals surface area contributed by atoms with Gasteiger partial charge in [0.05, 0.1) is 12.6 Å². The molecule has 0 amide bonds. The Morgan fingerprint density at radius 2 is 2.14 bits per heavy atom. The second-order valence-electron chi connectivity index (χ2n) is 7.92. The van der Waals surface area contributed by atoms with E-state index in [1.54, 1.807) is 6.92 Å². The van der Waals surface area contributed by atoms with Crippen LogP contribution >= 0.6 is 12.4 Å². The van der Waals surface area contributed by atoms with Crippen LogP contribution in [-0.2, 0) is 9.53 Å². The normalized spacial score (nSPS) is 24.5. The monoisotopic (exact) mass is 419 g/mol. The number of aromatic amines is 1. The summed E-state index contributed by atoms with van der Waals surface area (Å²) >= 11 is 0. The van der Waals surface area contributed by atoms with Gasteiger partial charge in [0.2, 0.25) is 0 Å². The average molecular weight is 420 g/mol. The summed E-state index contributed by atoms with van der Waals surface area (Å²) in [5.41, 5.74) is 3.80.